The summed E-state index contributed by atoms with van der Waals surface area (Å²) in [5, 5.41) is 0. The summed E-state index contributed by atoms with van der Waals surface area (Å²) in [7, 11) is -3.56. The zero-order valence-corrected chi connectivity index (χ0v) is 12.9. The largest absolute Gasteiger partial charge is 0.465 e. The van der Waals surface area contributed by atoms with Crippen LogP contribution in [0.3, 0.4) is 0 Å². The summed E-state index contributed by atoms with van der Waals surface area (Å²) >= 11 is 0. The minimum absolute atomic E-state index is 0.313. The van der Waals surface area contributed by atoms with Crippen molar-refractivity contribution in [3.05, 3.63) is 53.0 Å². The maximum Gasteiger partial charge on any atom is 0.241 e. The molecule has 0 amide bonds. The number of nitrogens with one attached hydrogen (secondary N) is 1. The van der Waals surface area contributed by atoms with Gasteiger partial charge in [-0.15, -0.1) is 0 Å². The van der Waals surface area contributed by atoms with E-state index in [2.05, 4.69) is 4.72 Å². The van der Waals surface area contributed by atoms with Gasteiger partial charge in [-0.25, -0.2) is 13.1 Å². The Morgan fingerprint density at radius 2 is 1.80 bits per heavy atom. The van der Waals surface area contributed by atoms with E-state index in [0.29, 0.717) is 10.7 Å². The molecule has 0 bridgehead atoms. The van der Waals surface area contributed by atoms with E-state index in [1.165, 1.54) is 0 Å². The third kappa shape index (κ3) is 3.11. The molecule has 1 atom stereocenters. The summed E-state index contributed by atoms with van der Waals surface area (Å²) in [5.41, 5.74) is 1.64. The van der Waals surface area contributed by atoms with E-state index in [9.17, 15) is 8.42 Å². The first-order valence-electron chi connectivity index (χ1n) is 6.45. The van der Waals surface area contributed by atoms with Gasteiger partial charge in [0.25, 0.3) is 0 Å². The highest BCUT2D eigenvalue weighted by molar-refractivity contribution is 7.89. The van der Waals surface area contributed by atoms with Gasteiger partial charge in [0.2, 0.25) is 10.0 Å². The Balaban J connectivity index is 2.29. The highest BCUT2D eigenvalue weighted by Crippen LogP contribution is 2.21. The Bertz CT molecular complexity index is 716. The molecule has 0 aliphatic carbocycles. The average molecular weight is 293 g/mol. The molecule has 1 heterocycles. The molecular weight excluding hydrogens is 274 g/mol. The zero-order valence-electron chi connectivity index (χ0n) is 12.1. The highest BCUT2D eigenvalue weighted by Gasteiger charge is 2.21. The van der Waals surface area contributed by atoms with Gasteiger partial charge in [-0.2, -0.15) is 0 Å². The van der Waals surface area contributed by atoms with Crippen molar-refractivity contribution >= 4 is 10.0 Å². The lowest BCUT2D eigenvalue weighted by Gasteiger charge is -2.14. The molecular formula is C15H19NO3S. The normalized spacial score (nSPS) is 13.4. The molecule has 20 heavy (non-hydrogen) atoms. The first-order valence-corrected chi connectivity index (χ1v) is 7.94. The number of hydrogen-bond donors (Lipinski definition) is 1. The van der Waals surface area contributed by atoms with E-state index in [1.807, 2.05) is 32.0 Å². The quantitative estimate of drug-likeness (QED) is 0.941. The Morgan fingerprint density at radius 1 is 1.10 bits per heavy atom. The van der Waals surface area contributed by atoms with Crippen LogP contribution in [-0.2, 0) is 10.0 Å². The van der Waals surface area contributed by atoms with Crippen LogP contribution in [-0.4, -0.2) is 8.42 Å². The Morgan fingerprint density at radius 3 is 2.40 bits per heavy atom. The third-order valence-corrected chi connectivity index (χ3v) is 4.84. The van der Waals surface area contributed by atoms with E-state index < -0.39 is 16.1 Å². The minimum Gasteiger partial charge on any atom is -0.465 e. The lowest BCUT2D eigenvalue weighted by atomic mass is 10.2. The van der Waals surface area contributed by atoms with E-state index in [-0.39, 0.29) is 0 Å². The number of sulfonamides is 1. The molecule has 4 nitrogen and oxygen atoms in total. The van der Waals surface area contributed by atoms with Gasteiger partial charge < -0.3 is 4.42 Å². The van der Waals surface area contributed by atoms with Crippen molar-refractivity contribution in [2.75, 3.05) is 0 Å². The predicted molar refractivity (Wildman–Crippen MR) is 78.1 cm³/mol. The summed E-state index contributed by atoms with van der Waals surface area (Å²) in [5.74, 6) is 1.37. The van der Waals surface area contributed by atoms with Crippen LogP contribution in [0.5, 0.6) is 0 Å². The fourth-order valence-electron chi connectivity index (χ4n) is 2.04. The number of rotatable bonds is 4. The lowest BCUT2D eigenvalue weighted by Crippen LogP contribution is -2.27. The van der Waals surface area contributed by atoms with Crippen molar-refractivity contribution in [2.45, 2.75) is 38.6 Å². The van der Waals surface area contributed by atoms with E-state index in [0.717, 1.165) is 16.9 Å². The van der Waals surface area contributed by atoms with Crippen LogP contribution in [0.1, 0.15) is 35.6 Å². The fraction of sp³-hybridized carbons (Fsp3) is 0.333. The molecule has 1 unspecified atom stereocenters. The van der Waals surface area contributed by atoms with Crippen LogP contribution in [0.15, 0.2) is 39.6 Å². The van der Waals surface area contributed by atoms with Gasteiger partial charge in [-0.1, -0.05) is 12.1 Å². The van der Waals surface area contributed by atoms with Crippen molar-refractivity contribution in [3.63, 3.8) is 0 Å². The molecule has 0 aliphatic rings. The SMILES string of the molecule is Cc1ccc(C)c(S(=O)(=O)NC(C)c2ccc(C)o2)c1. The summed E-state index contributed by atoms with van der Waals surface area (Å²) in [4.78, 5) is 0.313. The number of aryl methyl sites for hydroxylation is 3. The van der Waals surface area contributed by atoms with Gasteiger partial charge in [-0.3, -0.25) is 0 Å². The molecule has 0 aliphatic heterocycles. The predicted octanol–water partition coefficient (Wildman–Crippen LogP) is 3.24. The summed E-state index contributed by atoms with van der Waals surface area (Å²) < 4.78 is 33.0. The van der Waals surface area contributed by atoms with Crippen molar-refractivity contribution in [2.24, 2.45) is 0 Å². The van der Waals surface area contributed by atoms with Gasteiger partial charge in [0, 0.05) is 0 Å². The number of hydrogen-bond acceptors (Lipinski definition) is 3. The molecule has 0 radical (unpaired) electrons. The van der Waals surface area contributed by atoms with Crippen molar-refractivity contribution in [3.8, 4) is 0 Å². The maximum absolute atomic E-state index is 12.4. The van der Waals surface area contributed by atoms with Crippen LogP contribution < -0.4 is 4.72 Å². The topological polar surface area (TPSA) is 59.3 Å². The van der Waals surface area contributed by atoms with Crippen molar-refractivity contribution in [1.29, 1.82) is 0 Å². The summed E-state index contributed by atoms with van der Waals surface area (Å²) in [6.45, 7) is 7.25. The van der Waals surface area contributed by atoms with Gasteiger partial charge in [-0.05, 0) is 57.0 Å². The highest BCUT2D eigenvalue weighted by atomic mass is 32.2. The van der Waals surface area contributed by atoms with Crippen LogP contribution in [0.2, 0.25) is 0 Å². The molecule has 0 spiro atoms. The van der Waals surface area contributed by atoms with Crippen LogP contribution >= 0.6 is 0 Å². The zero-order chi connectivity index (χ0) is 14.9. The van der Waals surface area contributed by atoms with Crippen molar-refractivity contribution in [1.82, 2.24) is 4.72 Å². The summed E-state index contributed by atoms with van der Waals surface area (Å²) in [6.07, 6.45) is 0. The molecule has 0 saturated heterocycles. The van der Waals surface area contributed by atoms with Crippen LogP contribution in [0.4, 0.5) is 0 Å². The molecule has 108 valence electrons. The molecule has 1 aromatic carbocycles. The van der Waals surface area contributed by atoms with Gasteiger partial charge in [0.1, 0.15) is 11.5 Å². The molecule has 0 fully saturated rings. The van der Waals surface area contributed by atoms with E-state index >= 15 is 0 Å². The first kappa shape index (κ1) is 14.8. The second kappa shape index (κ2) is 5.42. The fourth-order valence-corrected chi connectivity index (χ4v) is 3.58. The van der Waals surface area contributed by atoms with Gasteiger partial charge in [0.05, 0.1) is 10.9 Å². The average Bonchev–Trinajstić information content (AvgIpc) is 2.78. The Kier molecular flexibility index (Phi) is 4.01. The molecule has 2 aromatic rings. The van der Waals surface area contributed by atoms with Gasteiger partial charge >= 0.3 is 0 Å². The van der Waals surface area contributed by atoms with Crippen LogP contribution in [0, 0.1) is 20.8 Å². The number of benzene rings is 1. The second-order valence-corrected chi connectivity index (χ2v) is 6.74. The first-order chi connectivity index (χ1) is 9.29. The van der Waals surface area contributed by atoms with Crippen LogP contribution in [0.25, 0.3) is 0 Å². The maximum atomic E-state index is 12.4. The molecule has 1 aromatic heterocycles. The molecule has 0 saturated carbocycles. The minimum atomic E-state index is -3.56. The van der Waals surface area contributed by atoms with Crippen molar-refractivity contribution < 1.29 is 12.8 Å². The second-order valence-electron chi connectivity index (χ2n) is 5.06. The van der Waals surface area contributed by atoms with Gasteiger partial charge in [0.15, 0.2) is 0 Å². The number of furan rings is 1. The Hall–Kier alpha value is -1.59. The molecule has 2 rings (SSSR count). The monoisotopic (exact) mass is 293 g/mol. The standard InChI is InChI=1S/C15H19NO3S/c1-10-5-6-11(2)15(9-10)20(17,18)16-13(4)14-8-7-12(3)19-14/h5-9,13,16H,1-4H3. The molecule has 5 heteroatoms. The van der Waals surface area contributed by atoms with E-state index in [4.69, 9.17) is 4.42 Å². The lowest BCUT2D eigenvalue weighted by molar-refractivity contribution is 0.441. The molecule has 1 N–H and O–H groups in total. The van der Waals surface area contributed by atoms with E-state index in [1.54, 1.807) is 26.0 Å². The smallest absolute Gasteiger partial charge is 0.241 e. The summed E-state index contributed by atoms with van der Waals surface area (Å²) in [6, 6.07) is 8.58. The third-order valence-electron chi connectivity index (χ3n) is 3.15. The Labute approximate surface area is 119 Å².